The molecule has 0 aliphatic carbocycles. The maximum Gasteiger partial charge on any atom is 0.251 e. The van der Waals surface area contributed by atoms with Gasteiger partial charge in [-0.25, -0.2) is 4.98 Å². The summed E-state index contributed by atoms with van der Waals surface area (Å²) in [6.07, 6.45) is 2.57. The zero-order valence-corrected chi connectivity index (χ0v) is 16.9. The molecule has 0 unspecified atom stereocenters. The van der Waals surface area contributed by atoms with Crippen LogP contribution in [0.1, 0.15) is 22.8 Å². The summed E-state index contributed by atoms with van der Waals surface area (Å²) in [5.41, 5.74) is 5.31. The van der Waals surface area contributed by atoms with Gasteiger partial charge in [-0.1, -0.05) is 6.07 Å². The van der Waals surface area contributed by atoms with E-state index in [2.05, 4.69) is 27.0 Å². The van der Waals surface area contributed by atoms with Gasteiger partial charge in [-0.05, 0) is 54.4 Å². The molecule has 7 heteroatoms. The second kappa shape index (κ2) is 8.24. The lowest BCUT2D eigenvalue weighted by molar-refractivity contribution is -0.116. The highest BCUT2D eigenvalue weighted by Gasteiger charge is 2.22. The molecule has 3 aromatic rings. The molecule has 2 heterocycles. The van der Waals surface area contributed by atoms with Crippen LogP contribution in [0.15, 0.2) is 60.8 Å². The van der Waals surface area contributed by atoms with E-state index in [4.69, 9.17) is 0 Å². The molecule has 0 atom stereocenters. The number of aromatic nitrogens is 1. The summed E-state index contributed by atoms with van der Waals surface area (Å²) in [5.74, 6) is 0.634. The lowest BCUT2D eigenvalue weighted by atomic mass is 10.1. The van der Waals surface area contributed by atoms with Gasteiger partial charge >= 0.3 is 0 Å². The van der Waals surface area contributed by atoms with Crippen LogP contribution in [0, 0.1) is 0 Å². The van der Waals surface area contributed by atoms with Crippen molar-refractivity contribution in [2.45, 2.75) is 13.3 Å². The van der Waals surface area contributed by atoms with E-state index in [1.165, 1.54) is 0 Å². The fourth-order valence-corrected chi connectivity index (χ4v) is 3.58. The van der Waals surface area contributed by atoms with Crippen molar-refractivity contribution in [2.24, 2.45) is 0 Å². The quantitative estimate of drug-likeness (QED) is 0.605. The van der Waals surface area contributed by atoms with Crippen molar-refractivity contribution in [3.63, 3.8) is 0 Å². The molecule has 2 aromatic carbocycles. The van der Waals surface area contributed by atoms with E-state index in [1.807, 2.05) is 36.4 Å². The van der Waals surface area contributed by atoms with Crippen molar-refractivity contribution in [3.05, 3.63) is 71.9 Å². The number of fused-ring (bicyclic) bond motifs is 1. The van der Waals surface area contributed by atoms with E-state index >= 15 is 0 Å². The van der Waals surface area contributed by atoms with Crippen LogP contribution in [0.4, 0.5) is 28.6 Å². The van der Waals surface area contributed by atoms with Gasteiger partial charge in [0.1, 0.15) is 5.82 Å². The normalized spacial score (nSPS) is 12.3. The lowest BCUT2D eigenvalue weighted by Crippen LogP contribution is -2.25. The molecule has 0 spiro atoms. The zero-order valence-electron chi connectivity index (χ0n) is 16.9. The Labute approximate surface area is 175 Å². The van der Waals surface area contributed by atoms with E-state index in [1.54, 1.807) is 37.2 Å². The van der Waals surface area contributed by atoms with Gasteiger partial charge < -0.3 is 20.9 Å². The molecule has 0 fully saturated rings. The number of rotatable bonds is 5. The molecule has 152 valence electrons. The molecule has 0 saturated heterocycles. The number of carbonyl (C=O) groups excluding carboxylic acids is 2. The molecule has 4 rings (SSSR count). The Bertz CT molecular complexity index is 1110. The molecular formula is C23H23N5O2. The third-order valence-electron chi connectivity index (χ3n) is 5.03. The topological polar surface area (TPSA) is 86.4 Å². The first-order chi connectivity index (χ1) is 14.5. The highest BCUT2D eigenvalue weighted by atomic mass is 16.2. The van der Waals surface area contributed by atoms with E-state index in [-0.39, 0.29) is 11.8 Å². The highest BCUT2D eigenvalue weighted by Crippen LogP contribution is 2.31. The summed E-state index contributed by atoms with van der Waals surface area (Å²) < 4.78 is 0. The lowest BCUT2D eigenvalue weighted by Gasteiger charge is -2.15. The number of benzene rings is 2. The summed E-state index contributed by atoms with van der Waals surface area (Å²) >= 11 is 0. The number of hydrogen-bond acceptors (Lipinski definition) is 5. The van der Waals surface area contributed by atoms with Crippen molar-refractivity contribution in [1.82, 2.24) is 10.3 Å². The number of carbonyl (C=O) groups is 2. The van der Waals surface area contributed by atoms with Crippen LogP contribution >= 0.6 is 0 Å². The van der Waals surface area contributed by atoms with Crippen LogP contribution in [0.3, 0.4) is 0 Å². The van der Waals surface area contributed by atoms with Crippen LogP contribution in [-0.4, -0.2) is 30.4 Å². The first kappa shape index (κ1) is 19.4. The number of hydrogen-bond donors (Lipinski definition) is 3. The Balaban J connectivity index is 1.50. The minimum atomic E-state index is -0.129. The smallest absolute Gasteiger partial charge is 0.251 e. The van der Waals surface area contributed by atoms with Crippen molar-refractivity contribution < 1.29 is 9.59 Å². The van der Waals surface area contributed by atoms with Gasteiger partial charge in [0.25, 0.3) is 5.91 Å². The SMILES string of the molecule is CNC(=O)c1cccc(Nc2ccnc(Nc3ccc4c(c3)CCN4C(C)=O)c2)c1. The van der Waals surface area contributed by atoms with Crippen LogP contribution in [0.2, 0.25) is 0 Å². The Kier molecular flexibility index (Phi) is 5.34. The van der Waals surface area contributed by atoms with Crippen molar-refractivity contribution in [2.75, 3.05) is 29.1 Å². The molecule has 0 radical (unpaired) electrons. The average Bonchev–Trinajstić information content (AvgIpc) is 3.17. The molecule has 3 N–H and O–H groups in total. The second-order valence-electron chi connectivity index (χ2n) is 7.10. The van der Waals surface area contributed by atoms with Gasteiger partial charge in [0.05, 0.1) is 0 Å². The molecule has 1 aromatic heterocycles. The van der Waals surface area contributed by atoms with E-state index < -0.39 is 0 Å². The van der Waals surface area contributed by atoms with Gasteiger partial charge in [0.2, 0.25) is 5.91 Å². The summed E-state index contributed by atoms with van der Waals surface area (Å²) in [5, 5.41) is 9.26. The Morgan fingerprint density at radius 1 is 0.967 bits per heavy atom. The van der Waals surface area contributed by atoms with Crippen LogP contribution < -0.4 is 20.9 Å². The maximum atomic E-state index is 11.8. The second-order valence-corrected chi connectivity index (χ2v) is 7.10. The van der Waals surface area contributed by atoms with Crippen LogP contribution in [-0.2, 0) is 11.2 Å². The third-order valence-corrected chi connectivity index (χ3v) is 5.03. The van der Waals surface area contributed by atoms with Gasteiger partial charge in [-0.15, -0.1) is 0 Å². The van der Waals surface area contributed by atoms with Crippen LogP contribution in [0.5, 0.6) is 0 Å². The minimum Gasteiger partial charge on any atom is -0.355 e. The van der Waals surface area contributed by atoms with Crippen LogP contribution in [0.25, 0.3) is 0 Å². The third kappa shape index (κ3) is 4.10. The van der Waals surface area contributed by atoms with Crippen molar-refractivity contribution in [1.29, 1.82) is 0 Å². The van der Waals surface area contributed by atoms with E-state index in [9.17, 15) is 9.59 Å². The van der Waals surface area contributed by atoms with Gasteiger partial charge in [-0.2, -0.15) is 0 Å². The summed E-state index contributed by atoms with van der Waals surface area (Å²) in [6.45, 7) is 2.31. The molecule has 1 aliphatic heterocycles. The van der Waals surface area contributed by atoms with Crippen molar-refractivity contribution in [3.8, 4) is 0 Å². The van der Waals surface area contributed by atoms with Gasteiger partial charge in [0.15, 0.2) is 0 Å². The predicted molar refractivity (Wildman–Crippen MR) is 119 cm³/mol. The first-order valence-corrected chi connectivity index (χ1v) is 9.77. The zero-order chi connectivity index (χ0) is 21.1. The fourth-order valence-electron chi connectivity index (χ4n) is 3.58. The maximum absolute atomic E-state index is 11.8. The van der Waals surface area contributed by atoms with E-state index in [0.29, 0.717) is 11.4 Å². The summed E-state index contributed by atoms with van der Waals surface area (Å²) in [6, 6.07) is 17.1. The fraction of sp³-hybridized carbons (Fsp3) is 0.174. The average molecular weight is 401 g/mol. The minimum absolute atomic E-state index is 0.0652. The molecule has 0 bridgehead atoms. The van der Waals surface area contributed by atoms with Gasteiger partial charge in [0, 0.05) is 61.1 Å². The number of nitrogens with zero attached hydrogens (tertiary/aromatic N) is 2. The molecular weight excluding hydrogens is 378 g/mol. The molecule has 2 amide bonds. The Morgan fingerprint density at radius 3 is 2.57 bits per heavy atom. The van der Waals surface area contributed by atoms with E-state index in [0.717, 1.165) is 41.3 Å². The summed E-state index contributed by atoms with van der Waals surface area (Å²) in [4.78, 5) is 29.7. The number of pyridine rings is 1. The molecule has 0 saturated carbocycles. The first-order valence-electron chi connectivity index (χ1n) is 9.77. The number of amides is 2. The molecule has 30 heavy (non-hydrogen) atoms. The Hall–Kier alpha value is -3.87. The standard InChI is InChI=1S/C23H23N5O2/c1-15(29)28-11-9-16-12-19(6-7-21(16)28)27-22-14-20(8-10-25-22)26-18-5-3-4-17(13-18)23(30)24-2/h3-8,10,12-14H,9,11H2,1-2H3,(H,24,30)(H2,25,26,27). The molecule has 7 nitrogen and oxygen atoms in total. The van der Waals surface area contributed by atoms with Gasteiger partial charge in [-0.3, -0.25) is 9.59 Å². The monoisotopic (exact) mass is 401 g/mol. The number of anilines is 5. The molecule has 1 aliphatic rings. The predicted octanol–water partition coefficient (Wildman–Crippen LogP) is 3.84. The Morgan fingerprint density at radius 2 is 1.77 bits per heavy atom. The largest absolute Gasteiger partial charge is 0.355 e. The van der Waals surface area contributed by atoms with Crippen molar-refractivity contribution >= 4 is 40.4 Å². The summed E-state index contributed by atoms with van der Waals surface area (Å²) in [7, 11) is 1.61. The highest BCUT2D eigenvalue weighted by molar-refractivity contribution is 5.95. The number of nitrogens with one attached hydrogen (secondary N) is 3.